The molecule has 3 aromatic rings. The fourth-order valence-corrected chi connectivity index (χ4v) is 3.63. The smallest absolute Gasteiger partial charge is 0.237 e. The number of benzene rings is 2. The van der Waals surface area contributed by atoms with Gasteiger partial charge in [0.25, 0.3) is 0 Å². The Morgan fingerprint density at radius 3 is 2.72 bits per heavy atom. The molecule has 0 bridgehead atoms. The van der Waals surface area contributed by atoms with E-state index in [2.05, 4.69) is 27.9 Å². The van der Waals surface area contributed by atoms with Crippen molar-refractivity contribution in [2.75, 3.05) is 12.4 Å². The molecule has 0 aliphatic carbocycles. The van der Waals surface area contributed by atoms with Crippen LogP contribution in [0.15, 0.2) is 53.7 Å². The lowest BCUT2D eigenvalue weighted by Gasteiger charge is -2.14. The summed E-state index contributed by atoms with van der Waals surface area (Å²) in [6.07, 6.45) is 0. The number of nitrogens with zero attached hydrogens (tertiary/aromatic N) is 2. The predicted octanol–water partition coefficient (Wildman–Crippen LogP) is 4.18. The number of thioether (sulfide) groups is 1. The number of anilines is 1. The molecule has 1 amide bonds. The van der Waals surface area contributed by atoms with Crippen LogP contribution in [0, 0.1) is 0 Å². The highest BCUT2D eigenvalue weighted by atomic mass is 32.2. The second-order valence-electron chi connectivity index (χ2n) is 5.58. The average molecular weight is 355 g/mol. The van der Waals surface area contributed by atoms with E-state index < -0.39 is 0 Å². The number of aryl methyl sites for hydroxylation is 1. The zero-order valence-corrected chi connectivity index (χ0v) is 15.3. The number of rotatable bonds is 6. The van der Waals surface area contributed by atoms with Gasteiger partial charge in [-0.2, -0.15) is 0 Å². The maximum absolute atomic E-state index is 12.6. The maximum atomic E-state index is 12.6. The van der Waals surface area contributed by atoms with Crippen molar-refractivity contribution in [3.05, 3.63) is 48.5 Å². The van der Waals surface area contributed by atoms with E-state index in [1.165, 1.54) is 11.8 Å². The lowest BCUT2D eigenvalue weighted by Crippen LogP contribution is -2.23. The molecule has 0 aliphatic heterocycles. The van der Waals surface area contributed by atoms with Gasteiger partial charge in [-0.15, -0.1) is 0 Å². The molecule has 2 aromatic carbocycles. The van der Waals surface area contributed by atoms with Gasteiger partial charge < -0.3 is 14.6 Å². The Morgan fingerprint density at radius 1 is 1.24 bits per heavy atom. The topological polar surface area (TPSA) is 56.2 Å². The SMILES string of the molecule is CCn1c(S[C@H](C)C(=O)Nc2ccccc2OC)nc2ccccc21. The Hall–Kier alpha value is -2.47. The predicted molar refractivity (Wildman–Crippen MR) is 102 cm³/mol. The molecule has 25 heavy (non-hydrogen) atoms. The third kappa shape index (κ3) is 3.64. The lowest BCUT2D eigenvalue weighted by molar-refractivity contribution is -0.115. The quantitative estimate of drug-likeness (QED) is 0.674. The first kappa shape index (κ1) is 17.4. The maximum Gasteiger partial charge on any atom is 0.237 e. The summed E-state index contributed by atoms with van der Waals surface area (Å²) in [7, 11) is 1.59. The molecule has 0 unspecified atom stereocenters. The zero-order valence-electron chi connectivity index (χ0n) is 14.5. The number of carbonyl (C=O) groups excluding carboxylic acids is 1. The zero-order chi connectivity index (χ0) is 17.8. The van der Waals surface area contributed by atoms with Crippen LogP contribution in [0.4, 0.5) is 5.69 Å². The third-order valence-electron chi connectivity index (χ3n) is 3.95. The van der Waals surface area contributed by atoms with Crippen LogP contribution in [-0.2, 0) is 11.3 Å². The molecule has 1 heterocycles. The van der Waals surface area contributed by atoms with E-state index in [9.17, 15) is 4.79 Å². The molecular weight excluding hydrogens is 334 g/mol. The van der Waals surface area contributed by atoms with Crippen molar-refractivity contribution >= 4 is 34.4 Å². The van der Waals surface area contributed by atoms with Crippen LogP contribution in [0.25, 0.3) is 11.0 Å². The minimum absolute atomic E-state index is 0.0794. The third-order valence-corrected chi connectivity index (χ3v) is 5.04. The number of nitrogens with one attached hydrogen (secondary N) is 1. The van der Waals surface area contributed by atoms with Gasteiger partial charge in [-0.1, -0.05) is 36.0 Å². The van der Waals surface area contributed by atoms with Crippen LogP contribution < -0.4 is 10.1 Å². The summed E-state index contributed by atoms with van der Waals surface area (Å²) >= 11 is 1.46. The van der Waals surface area contributed by atoms with E-state index in [0.29, 0.717) is 11.4 Å². The molecule has 0 spiro atoms. The number of imidazole rings is 1. The number of carbonyl (C=O) groups is 1. The van der Waals surface area contributed by atoms with Crippen molar-refractivity contribution in [1.29, 1.82) is 0 Å². The highest BCUT2D eigenvalue weighted by Gasteiger charge is 2.20. The van der Waals surface area contributed by atoms with Crippen molar-refractivity contribution in [3.8, 4) is 5.75 Å². The second kappa shape index (κ2) is 7.61. The van der Waals surface area contributed by atoms with Crippen molar-refractivity contribution in [3.63, 3.8) is 0 Å². The van der Waals surface area contributed by atoms with Crippen LogP contribution >= 0.6 is 11.8 Å². The van der Waals surface area contributed by atoms with Crippen molar-refractivity contribution in [2.24, 2.45) is 0 Å². The summed E-state index contributed by atoms with van der Waals surface area (Å²) < 4.78 is 7.41. The number of aromatic nitrogens is 2. The molecule has 0 saturated heterocycles. The van der Waals surface area contributed by atoms with E-state index in [0.717, 1.165) is 22.7 Å². The summed E-state index contributed by atoms with van der Waals surface area (Å²) in [4.78, 5) is 17.2. The molecule has 5 nitrogen and oxygen atoms in total. The summed E-state index contributed by atoms with van der Waals surface area (Å²) in [6, 6.07) is 15.4. The number of amides is 1. The number of para-hydroxylation sites is 4. The van der Waals surface area contributed by atoms with Gasteiger partial charge in [0.1, 0.15) is 5.75 Å². The molecule has 3 rings (SSSR count). The Labute approximate surface area is 151 Å². The van der Waals surface area contributed by atoms with Gasteiger partial charge in [0.2, 0.25) is 5.91 Å². The highest BCUT2D eigenvalue weighted by molar-refractivity contribution is 8.00. The van der Waals surface area contributed by atoms with Crippen LogP contribution in [0.2, 0.25) is 0 Å². The van der Waals surface area contributed by atoms with E-state index >= 15 is 0 Å². The van der Waals surface area contributed by atoms with Crippen molar-refractivity contribution in [2.45, 2.75) is 30.8 Å². The highest BCUT2D eigenvalue weighted by Crippen LogP contribution is 2.29. The number of methoxy groups -OCH3 is 1. The van der Waals surface area contributed by atoms with Gasteiger partial charge in [0.15, 0.2) is 5.16 Å². The molecule has 1 aromatic heterocycles. The lowest BCUT2D eigenvalue weighted by atomic mass is 10.3. The van der Waals surface area contributed by atoms with Crippen molar-refractivity contribution in [1.82, 2.24) is 9.55 Å². The minimum atomic E-state index is -0.285. The Morgan fingerprint density at radius 2 is 1.96 bits per heavy atom. The van der Waals surface area contributed by atoms with Crippen molar-refractivity contribution < 1.29 is 9.53 Å². The van der Waals surface area contributed by atoms with Gasteiger partial charge in [0.05, 0.1) is 29.1 Å². The molecule has 0 aliphatic rings. The van der Waals surface area contributed by atoms with Crippen LogP contribution in [-0.4, -0.2) is 27.8 Å². The molecule has 1 atom stereocenters. The molecule has 0 fully saturated rings. The molecule has 0 saturated carbocycles. The fraction of sp³-hybridized carbons (Fsp3) is 0.263. The van der Waals surface area contributed by atoms with Crippen LogP contribution in [0.1, 0.15) is 13.8 Å². The number of hydrogen-bond donors (Lipinski definition) is 1. The summed E-state index contributed by atoms with van der Waals surface area (Å²) in [5, 5.41) is 3.50. The fourth-order valence-electron chi connectivity index (χ4n) is 2.64. The molecular formula is C19H21N3O2S. The van der Waals surface area contributed by atoms with Gasteiger partial charge in [0, 0.05) is 6.54 Å². The van der Waals surface area contributed by atoms with Crippen LogP contribution in [0.3, 0.4) is 0 Å². The molecule has 6 heteroatoms. The first-order valence-electron chi connectivity index (χ1n) is 8.19. The largest absolute Gasteiger partial charge is 0.495 e. The Balaban J connectivity index is 1.78. The molecule has 130 valence electrons. The summed E-state index contributed by atoms with van der Waals surface area (Å²) in [5.74, 6) is 0.568. The first-order valence-corrected chi connectivity index (χ1v) is 9.07. The monoisotopic (exact) mass is 355 g/mol. The Kier molecular flexibility index (Phi) is 5.28. The standard InChI is InChI=1S/C19H21N3O2S/c1-4-22-16-11-7-5-9-14(16)21-19(22)25-13(2)18(23)20-15-10-6-8-12-17(15)24-3/h5-13H,4H2,1-3H3,(H,20,23)/t13-/m1/s1. The number of ether oxygens (including phenoxy) is 1. The summed E-state index contributed by atoms with van der Waals surface area (Å²) in [5.41, 5.74) is 2.71. The van der Waals surface area contributed by atoms with E-state index in [-0.39, 0.29) is 11.2 Å². The van der Waals surface area contributed by atoms with Crippen LogP contribution in [0.5, 0.6) is 5.75 Å². The minimum Gasteiger partial charge on any atom is -0.495 e. The normalized spacial score (nSPS) is 12.1. The molecule has 1 N–H and O–H groups in total. The Bertz CT molecular complexity index is 891. The van der Waals surface area contributed by atoms with E-state index in [1.807, 2.05) is 49.4 Å². The van der Waals surface area contributed by atoms with Gasteiger partial charge in [-0.25, -0.2) is 4.98 Å². The van der Waals surface area contributed by atoms with E-state index in [1.54, 1.807) is 7.11 Å². The van der Waals surface area contributed by atoms with E-state index in [4.69, 9.17) is 4.74 Å². The average Bonchev–Trinajstić information content (AvgIpc) is 2.99. The molecule has 0 radical (unpaired) electrons. The second-order valence-corrected chi connectivity index (χ2v) is 6.88. The van der Waals surface area contributed by atoms with Gasteiger partial charge in [-0.3, -0.25) is 4.79 Å². The summed E-state index contributed by atoms with van der Waals surface area (Å²) in [6.45, 7) is 4.77. The first-order chi connectivity index (χ1) is 12.1. The number of fused-ring (bicyclic) bond motifs is 1. The number of hydrogen-bond acceptors (Lipinski definition) is 4. The van der Waals surface area contributed by atoms with Gasteiger partial charge in [-0.05, 0) is 38.1 Å². The van der Waals surface area contributed by atoms with Gasteiger partial charge >= 0.3 is 0 Å².